The van der Waals surface area contributed by atoms with Gasteiger partial charge >= 0.3 is 0 Å². The van der Waals surface area contributed by atoms with Gasteiger partial charge < -0.3 is 10.6 Å². The third-order valence-electron chi connectivity index (χ3n) is 5.42. The number of aromatic nitrogens is 1. The first-order chi connectivity index (χ1) is 11.8. The Morgan fingerprint density at radius 2 is 2.04 bits per heavy atom. The van der Waals surface area contributed by atoms with Gasteiger partial charge in [-0.25, -0.2) is 0 Å². The van der Waals surface area contributed by atoms with E-state index in [0.717, 1.165) is 31.0 Å². The van der Waals surface area contributed by atoms with Gasteiger partial charge in [-0.05, 0) is 42.7 Å². The Kier molecular flexibility index (Phi) is 5.34. The number of hydrogen-bond acceptors (Lipinski definition) is 2. The molecule has 24 heavy (non-hydrogen) atoms. The highest BCUT2D eigenvalue weighted by molar-refractivity contribution is 5.82. The molecule has 4 heteroatoms. The summed E-state index contributed by atoms with van der Waals surface area (Å²) in [5.41, 5.74) is 2.88. The SMILES string of the molecule is CCC1(CNC(=NC)NCCc2cccc3cccnc23)CCC1. The van der Waals surface area contributed by atoms with E-state index in [-0.39, 0.29) is 0 Å². The van der Waals surface area contributed by atoms with Crippen LogP contribution in [0.2, 0.25) is 0 Å². The van der Waals surface area contributed by atoms with Crippen molar-refractivity contribution in [1.29, 1.82) is 0 Å². The molecule has 0 unspecified atom stereocenters. The molecular weight excluding hydrogens is 296 g/mol. The smallest absolute Gasteiger partial charge is 0.191 e. The van der Waals surface area contributed by atoms with Gasteiger partial charge in [0, 0.05) is 31.7 Å². The lowest BCUT2D eigenvalue weighted by Crippen LogP contribution is -2.46. The largest absolute Gasteiger partial charge is 0.356 e. The summed E-state index contributed by atoms with van der Waals surface area (Å²) in [6.07, 6.45) is 8.11. The zero-order chi connectivity index (χ0) is 16.8. The average Bonchev–Trinajstić information content (AvgIpc) is 2.59. The predicted octanol–water partition coefficient (Wildman–Crippen LogP) is 3.52. The van der Waals surface area contributed by atoms with E-state index in [4.69, 9.17) is 0 Å². The van der Waals surface area contributed by atoms with E-state index >= 15 is 0 Å². The number of guanidine groups is 1. The first kappa shape index (κ1) is 16.7. The maximum absolute atomic E-state index is 4.52. The molecule has 1 fully saturated rings. The van der Waals surface area contributed by atoms with Gasteiger partial charge in [-0.3, -0.25) is 9.98 Å². The number of benzene rings is 1. The number of nitrogens with one attached hydrogen (secondary N) is 2. The molecule has 1 saturated carbocycles. The highest BCUT2D eigenvalue weighted by atomic mass is 15.2. The van der Waals surface area contributed by atoms with Crippen molar-refractivity contribution in [3.8, 4) is 0 Å². The molecule has 0 amide bonds. The molecule has 0 atom stereocenters. The second-order valence-corrected chi connectivity index (χ2v) is 6.80. The third kappa shape index (κ3) is 3.69. The number of hydrogen-bond donors (Lipinski definition) is 2. The van der Waals surface area contributed by atoms with Crippen molar-refractivity contribution in [2.45, 2.75) is 39.0 Å². The number of pyridine rings is 1. The molecule has 1 aliphatic carbocycles. The third-order valence-corrected chi connectivity index (χ3v) is 5.42. The topological polar surface area (TPSA) is 49.3 Å². The summed E-state index contributed by atoms with van der Waals surface area (Å²) >= 11 is 0. The summed E-state index contributed by atoms with van der Waals surface area (Å²) in [6, 6.07) is 10.5. The van der Waals surface area contributed by atoms with Crippen LogP contribution >= 0.6 is 0 Å². The van der Waals surface area contributed by atoms with E-state index < -0.39 is 0 Å². The average molecular weight is 324 g/mol. The van der Waals surface area contributed by atoms with Gasteiger partial charge in [0.2, 0.25) is 0 Å². The van der Waals surface area contributed by atoms with Crippen molar-refractivity contribution in [2.75, 3.05) is 20.1 Å². The second-order valence-electron chi connectivity index (χ2n) is 6.80. The minimum atomic E-state index is 0.497. The molecule has 3 rings (SSSR count). The fraction of sp³-hybridized carbons (Fsp3) is 0.500. The molecule has 4 nitrogen and oxygen atoms in total. The number of aliphatic imine (C=N–C) groups is 1. The van der Waals surface area contributed by atoms with Crippen LogP contribution in [0, 0.1) is 5.41 Å². The van der Waals surface area contributed by atoms with E-state index in [9.17, 15) is 0 Å². The highest BCUT2D eigenvalue weighted by Gasteiger charge is 2.34. The van der Waals surface area contributed by atoms with Crippen molar-refractivity contribution in [1.82, 2.24) is 15.6 Å². The lowest BCUT2D eigenvalue weighted by atomic mass is 9.67. The van der Waals surface area contributed by atoms with Gasteiger partial charge in [-0.1, -0.05) is 37.6 Å². The maximum Gasteiger partial charge on any atom is 0.191 e. The van der Waals surface area contributed by atoms with Crippen LogP contribution < -0.4 is 10.6 Å². The van der Waals surface area contributed by atoms with Gasteiger partial charge in [-0.15, -0.1) is 0 Å². The summed E-state index contributed by atoms with van der Waals surface area (Å²) in [5, 5.41) is 8.15. The van der Waals surface area contributed by atoms with Gasteiger partial charge in [0.05, 0.1) is 5.52 Å². The number of fused-ring (bicyclic) bond motifs is 1. The van der Waals surface area contributed by atoms with E-state index in [0.29, 0.717) is 5.41 Å². The van der Waals surface area contributed by atoms with Crippen molar-refractivity contribution in [3.63, 3.8) is 0 Å². The first-order valence-corrected chi connectivity index (χ1v) is 9.03. The van der Waals surface area contributed by atoms with Crippen molar-refractivity contribution < 1.29 is 0 Å². The minimum Gasteiger partial charge on any atom is -0.356 e. The molecule has 2 N–H and O–H groups in total. The van der Waals surface area contributed by atoms with Gasteiger partial charge in [0.25, 0.3) is 0 Å². The summed E-state index contributed by atoms with van der Waals surface area (Å²) in [6.45, 7) is 4.18. The van der Waals surface area contributed by atoms with Crippen LogP contribution in [0.15, 0.2) is 41.5 Å². The second kappa shape index (κ2) is 7.65. The van der Waals surface area contributed by atoms with E-state index in [2.05, 4.69) is 51.8 Å². The highest BCUT2D eigenvalue weighted by Crippen LogP contribution is 2.42. The van der Waals surface area contributed by atoms with Crippen molar-refractivity contribution >= 4 is 16.9 Å². The Bertz CT molecular complexity index is 693. The van der Waals surface area contributed by atoms with Crippen LogP contribution in [0.25, 0.3) is 10.9 Å². The number of rotatable bonds is 6. The standard InChI is InChI=1S/C20H28N4/c1-3-20(11-6-12-20)15-24-19(21-2)23-14-10-17-8-4-7-16-9-5-13-22-18(16)17/h4-5,7-9,13H,3,6,10-12,14-15H2,1-2H3,(H2,21,23,24). The van der Waals surface area contributed by atoms with Crippen LogP contribution in [0.1, 0.15) is 38.2 Å². The Balaban J connectivity index is 1.52. The van der Waals surface area contributed by atoms with Crippen LogP contribution in [-0.4, -0.2) is 31.1 Å². The lowest BCUT2D eigenvalue weighted by molar-refractivity contribution is 0.131. The van der Waals surface area contributed by atoms with Crippen LogP contribution in [0.5, 0.6) is 0 Å². The first-order valence-electron chi connectivity index (χ1n) is 9.03. The molecule has 0 bridgehead atoms. The summed E-state index contributed by atoms with van der Waals surface area (Å²) in [5.74, 6) is 0.905. The summed E-state index contributed by atoms with van der Waals surface area (Å²) in [7, 11) is 1.84. The Morgan fingerprint density at radius 3 is 2.75 bits per heavy atom. The van der Waals surface area contributed by atoms with E-state index in [1.165, 1.54) is 36.6 Å². The molecule has 2 aromatic rings. The van der Waals surface area contributed by atoms with E-state index in [1.54, 1.807) is 0 Å². The zero-order valence-corrected chi connectivity index (χ0v) is 14.8. The molecule has 1 heterocycles. The zero-order valence-electron chi connectivity index (χ0n) is 14.8. The molecule has 0 spiro atoms. The van der Waals surface area contributed by atoms with Gasteiger partial charge in [-0.2, -0.15) is 0 Å². The van der Waals surface area contributed by atoms with Crippen LogP contribution in [0.4, 0.5) is 0 Å². The monoisotopic (exact) mass is 324 g/mol. The van der Waals surface area contributed by atoms with E-state index in [1.807, 2.05) is 19.3 Å². The minimum absolute atomic E-state index is 0.497. The lowest BCUT2D eigenvalue weighted by Gasteiger charge is -2.41. The summed E-state index contributed by atoms with van der Waals surface area (Å²) in [4.78, 5) is 8.88. The maximum atomic E-state index is 4.52. The predicted molar refractivity (Wildman–Crippen MR) is 101 cm³/mol. The van der Waals surface area contributed by atoms with Gasteiger partial charge in [0.1, 0.15) is 0 Å². The van der Waals surface area contributed by atoms with Crippen LogP contribution in [0.3, 0.4) is 0 Å². The fourth-order valence-electron chi connectivity index (χ4n) is 3.51. The number of nitrogens with zero attached hydrogens (tertiary/aromatic N) is 2. The Labute approximate surface area is 144 Å². The molecule has 0 saturated heterocycles. The van der Waals surface area contributed by atoms with Crippen molar-refractivity contribution in [2.24, 2.45) is 10.4 Å². The Morgan fingerprint density at radius 1 is 1.21 bits per heavy atom. The quantitative estimate of drug-likeness (QED) is 0.631. The molecule has 128 valence electrons. The number of para-hydroxylation sites is 1. The van der Waals surface area contributed by atoms with Crippen molar-refractivity contribution in [3.05, 3.63) is 42.1 Å². The molecule has 0 radical (unpaired) electrons. The molecule has 1 aromatic carbocycles. The van der Waals surface area contributed by atoms with Gasteiger partial charge in [0.15, 0.2) is 5.96 Å². The fourth-order valence-corrected chi connectivity index (χ4v) is 3.51. The normalized spacial score (nSPS) is 16.7. The molecule has 1 aromatic heterocycles. The molecular formula is C20H28N4. The molecule has 1 aliphatic rings. The van der Waals surface area contributed by atoms with Crippen LogP contribution in [-0.2, 0) is 6.42 Å². The Hall–Kier alpha value is -2.10. The summed E-state index contributed by atoms with van der Waals surface area (Å²) < 4.78 is 0. The molecule has 0 aliphatic heterocycles.